The van der Waals surface area contributed by atoms with E-state index in [1.165, 1.54) is 11.3 Å². The molecule has 0 unspecified atom stereocenters. The monoisotopic (exact) mass is 396 g/mol. The van der Waals surface area contributed by atoms with E-state index in [-0.39, 0.29) is 12.1 Å². The first-order valence-electron chi connectivity index (χ1n) is 8.66. The molecule has 0 aliphatic rings. The van der Waals surface area contributed by atoms with Crippen molar-refractivity contribution in [3.63, 3.8) is 0 Å². The number of ether oxygens (including phenoxy) is 1. The number of aliphatic carboxylic acids is 1. The smallest absolute Gasteiger partial charge is 0.305 e. The highest BCUT2D eigenvalue weighted by molar-refractivity contribution is 7.13. The molecule has 28 heavy (non-hydrogen) atoms. The van der Waals surface area contributed by atoms with Crippen molar-refractivity contribution in [3.05, 3.63) is 70.7 Å². The number of carbonyl (C=O) groups excluding carboxylic acids is 1. The molecular formula is C21H20N2O4S. The molecule has 2 N–H and O–H groups in total. The van der Waals surface area contributed by atoms with Crippen molar-refractivity contribution in [1.82, 2.24) is 10.3 Å². The fraction of sp³-hybridized carbons (Fsp3) is 0.190. The number of benzene rings is 2. The fourth-order valence-electron chi connectivity index (χ4n) is 2.87. The lowest BCUT2D eigenvalue weighted by Gasteiger charge is -2.18. The Kier molecular flexibility index (Phi) is 6.06. The Morgan fingerprint density at radius 3 is 2.54 bits per heavy atom. The molecule has 0 aliphatic carbocycles. The Morgan fingerprint density at radius 2 is 1.89 bits per heavy atom. The molecular weight excluding hydrogens is 376 g/mol. The van der Waals surface area contributed by atoms with Crippen molar-refractivity contribution < 1.29 is 19.4 Å². The maximum absolute atomic E-state index is 12.7. The number of carboxylic acid groups (broad SMARTS) is 1. The van der Waals surface area contributed by atoms with E-state index in [0.29, 0.717) is 5.01 Å². The van der Waals surface area contributed by atoms with Crippen molar-refractivity contribution in [3.8, 4) is 16.3 Å². The first-order chi connectivity index (χ1) is 13.5. The zero-order chi connectivity index (χ0) is 20.1. The van der Waals surface area contributed by atoms with E-state index in [4.69, 9.17) is 4.74 Å². The van der Waals surface area contributed by atoms with Crippen LogP contribution < -0.4 is 10.1 Å². The van der Waals surface area contributed by atoms with Gasteiger partial charge in [-0.1, -0.05) is 24.3 Å². The molecule has 1 atom stereocenters. The topological polar surface area (TPSA) is 88.5 Å². The molecule has 0 saturated heterocycles. The van der Waals surface area contributed by atoms with E-state index < -0.39 is 17.9 Å². The average Bonchev–Trinajstić information content (AvgIpc) is 3.18. The highest BCUT2D eigenvalue weighted by atomic mass is 32.1. The minimum Gasteiger partial charge on any atom is -0.497 e. The number of nitrogens with zero attached hydrogens (tertiary/aromatic N) is 1. The molecule has 0 bridgehead atoms. The SMILES string of the molecule is COc1ccc(-c2nc(C(=O)N[C@@H](CC(=O)O)c3ccccc3C)cs2)cc1. The Balaban J connectivity index is 1.79. The number of hydrogen-bond donors (Lipinski definition) is 2. The summed E-state index contributed by atoms with van der Waals surface area (Å²) in [6.07, 6.45) is -0.202. The van der Waals surface area contributed by atoms with Crippen LogP contribution in [0.15, 0.2) is 53.9 Å². The van der Waals surface area contributed by atoms with Gasteiger partial charge in [0.1, 0.15) is 16.5 Å². The Hall–Kier alpha value is -3.19. The number of methoxy groups -OCH3 is 1. The Labute approximate surface area is 166 Å². The number of carbonyl (C=O) groups is 2. The summed E-state index contributed by atoms with van der Waals surface area (Å²) >= 11 is 1.36. The molecule has 0 spiro atoms. The molecule has 1 amide bonds. The molecule has 7 heteroatoms. The molecule has 0 fully saturated rings. The summed E-state index contributed by atoms with van der Waals surface area (Å²) in [5.41, 5.74) is 2.85. The van der Waals surface area contributed by atoms with Gasteiger partial charge in [-0.05, 0) is 42.3 Å². The number of rotatable bonds is 7. The van der Waals surface area contributed by atoms with Gasteiger partial charge in [0.2, 0.25) is 0 Å². The van der Waals surface area contributed by atoms with Crippen molar-refractivity contribution >= 4 is 23.2 Å². The molecule has 1 aromatic heterocycles. The normalized spacial score (nSPS) is 11.6. The largest absolute Gasteiger partial charge is 0.497 e. The second-order valence-corrected chi connectivity index (χ2v) is 7.11. The summed E-state index contributed by atoms with van der Waals surface area (Å²) in [6, 6.07) is 14.2. The first-order valence-corrected chi connectivity index (χ1v) is 9.54. The second kappa shape index (κ2) is 8.67. The highest BCUT2D eigenvalue weighted by Crippen LogP contribution is 2.26. The summed E-state index contributed by atoms with van der Waals surface area (Å²) in [6.45, 7) is 1.89. The van der Waals surface area contributed by atoms with E-state index in [0.717, 1.165) is 22.4 Å². The molecule has 3 rings (SSSR count). The van der Waals surface area contributed by atoms with E-state index in [9.17, 15) is 14.7 Å². The molecule has 144 valence electrons. The maximum atomic E-state index is 12.7. The zero-order valence-corrected chi connectivity index (χ0v) is 16.3. The van der Waals surface area contributed by atoms with Gasteiger partial charge < -0.3 is 15.2 Å². The van der Waals surface area contributed by atoms with Crippen LogP contribution in [0.4, 0.5) is 0 Å². The van der Waals surface area contributed by atoms with Gasteiger partial charge in [-0.2, -0.15) is 0 Å². The summed E-state index contributed by atoms with van der Waals surface area (Å²) in [7, 11) is 1.60. The third kappa shape index (κ3) is 4.55. The summed E-state index contributed by atoms with van der Waals surface area (Å²) < 4.78 is 5.15. The van der Waals surface area contributed by atoms with Crippen molar-refractivity contribution in [2.45, 2.75) is 19.4 Å². The number of aromatic nitrogens is 1. The van der Waals surface area contributed by atoms with Gasteiger partial charge in [0.05, 0.1) is 19.6 Å². The summed E-state index contributed by atoms with van der Waals surface area (Å²) in [4.78, 5) is 28.4. The Morgan fingerprint density at radius 1 is 1.18 bits per heavy atom. The third-order valence-corrected chi connectivity index (χ3v) is 5.21. The highest BCUT2D eigenvalue weighted by Gasteiger charge is 2.21. The molecule has 3 aromatic rings. The van der Waals surface area contributed by atoms with Gasteiger partial charge in [0.15, 0.2) is 0 Å². The van der Waals surface area contributed by atoms with E-state index >= 15 is 0 Å². The van der Waals surface area contributed by atoms with Crippen molar-refractivity contribution in [2.75, 3.05) is 7.11 Å². The van der Waals surface area contributed by atoms with Gasteiger partial charge in [0.25, 0.3) is 5.91 Å². The molecule has 0 radical (unpaired) electrons. The van der Waals surface area contributed by atoms with Gasteiger partial charge >= 0.3 is 5.97 Å². The number of hydrogen-bond acceptors (Lipinski definition) is 5. The lowest BCUT2D eigenvalue weighted by molar-refractivity contribution is -0.137. The lowest BCUT2D eigenvalue weighted by Crippen LogP contribution is -2.30. The zero-order valence-electron chi connectivity index (χ0n) is 15.5. The van der Waals surface area contributed by atoms with Crippen LogP contribution in [0.2, 0.25) is 0 Å². The first kappa shape index (κ1) is 19.6. The molecule has 0 saturated carbocycles. The van der Waals surface area contributed by atoms with E-state index in [2.05, 4.69) is 10.3 Å². The third-order valence-electron chi connectivity index (χ3n) is 4.32. The van der Waals surface area contributed by atoms with Crippen LogP contribution in [-0.2, 0) is 4.79 Å². The van der Waals surface area contributed by atoms with Crippen LogP contribution in [-0.4, -0.2) is 29.1 Å². The minimum absolute atomic E-state index is 0.202. The summed E-state index contributed by atoms with van der Waals surface area (Å²) in [5, 5.41) is 14.4. The van der Waals surface area contributed by atoms with Crippen molar-refractivity contribution in [1.29, 1.82) is 0 Å². The van der Waals surface area contributed by atoms with Crippen LogP contribution in [0.3, 0.4) is 0 Å². The molecule has 1 heterocycles. The van der Waals surface area contributed by atoms with E-state index in [1.807, 2.05) is 55.5 Å². The van der Waals surface area contributed by atoms with Crippen LogP contribution >= 0.6 is 11.3 Å². The molecule has 0 aliphatic heterocycles. The van der Waals surface area contributed by atoms with Gasteiger partial charge in [-0.3, -0.25) is 9.59 Å². The predicted octanol–water partition coefficient (Wildman–Crippen LogP) is 4.07. The Bertz CT molecular complexity index is 982. The quantitative estimate of drug-likeness (QED) is 0.628. The average molecular weight is 396 g/mol. The van der Waals surface area contributed by atoms with Crippen LogP contribution in [0, 0.1) is 6.92 Å². The molecule has 2 aromatic carbocycles. The standard InChI is InChI=1S/C21H20N2O4S/c1-13-5-3-4-6-16(13)17(11-19(24)25)22-20(26)18-12-28-21(23-18)14-7-9-15(27-2)10-8-14/h3-10,12,17H,11H2,1-2H3,(H,22,26)(H,24,25)/t17-/m0/s1. The van der Waals surface area contributed by atoms with Gasteiger partial charge in [-0.25, -0.2) is 4.98 Å². The number of thiazole rings is 1. The number of nitrogens with one attached hydrogen (secondary N) is 1. The number of carboxylic acids is 1. The van der Waals surface area contributed by atoms with Gasteiger partial charge in [-0.15, -0.1) is 11.3 Å². The minimum atomic E-state index is -0.981. The van der Waals surface area contributed by atoms with Gasteiger partial charge in [0, 0.05) is 10.9 Å². The van der Waals surface area contributed by atoms with E-state index in [1.54, 1.807) is 12.5 Å². The number of amides is 1. The fourth-order valence-corrected chi connectivity index (χ4v) is 3.67. The predicted molar refractivity (Wildman–Crippen MR) is 108 cm³/mol. The van der Waals surface area contributed by atoms with Crippen molar-refractivity contribution in [2.24, 2.45) is 0 Å². The lowest BCUT2D eigenvalue weighted by atomic mass is 9.98. The van der Waals surface area contributed by atoms with Crippen LogP contribution in [0.25, 0.3) is 10.6 Å². The number of aryl methyl sites for hydroxylation is 1. The second-order valence-electron chi connectivity index (χ2n) is 6.25. The maximum Gasteiger partial charge on any atom is 0.305 e. The molecule has 6 nitrogen and oxygen atoms in total. The summed E-state index contributed by atoms with van der Waals surface area (Å²) in [5.74, 6) is -0.635. The van der Waals surface area contributed by atoms with Crippen LogP contribution in [0.5, 0.6) is 5.75 Å². The van der Waals surface area contributed by atoms with Crippen LogP contribution in [0.1, 0.15) is 34.1 Å².